The van der Waals surface area contributed by atoms with Crippen LogP contribution in [0.25, 0.3) is 10.9 Å². The molecule has 0 bridgehead atoms. The third-order valence-corrected chi connectivity index (χ3v) is 4.23. The molecule has 0 radical (unpaired) electrons. The van der Waals surface area contributed by atoms with E-state index in [-0.39, 0.29) is 18.2 Å². The van der Waals surface area contributed by atoms with Crippen molar-refractivity contribution in [3.05, 3.63) is 41.5 Å². The van der Waals surface area contributed by atoms with Crippen LogP contribution in [-0.4, -0.2) is 35.8 Å². The number of aromatic amines is 1. The lowest BCUT2D eigenvalue weighted by atomic mass is 10.1. The molecule has 0 fully saturated rings. The predicted octanol–water partition coefficient (Wildman–Crippen LogP) is 3.95. The highest BCUT2D eigenvalue weighted by Gasteiger charge is 2.18. The fourth-order valence-electron chi connectivity index (χ4n) is 3.10. The van der Waals surface area contributed by atoms with E-state index in [1.807, 2.05) is 32.0 Å². The van der Waals surface area contributed by atoms with E-state index in [2.05, 4.69) is 15.2 Å². The van der Waals surface area contributed by atoms with Gasteiger partial charge >= 0.3 is 5.91 Å². The van der Waals surface area contributed by atoms with Gasteiger partial charge in [-0.2, -0.15) is 0 Å². The first-order chi connectivity index (χ1) is 13.5. The molecular weight excluding hydrogens is 362 g/mol. The van der Waals surface area contributed by atoms with Crippen molar-refractivity contribution in [2.24, 2.45) is 10.2 Å². The van der Waals surface area contributed by atoms with Gasteiger partial charge in [-0.1, -0.05) is 6.07 Å². The Morgan fingerprint density at radius 1 is 1.11 bits per heavy atom. The van der Waals surface area contributed by atoms with Crippen LogP contribution in [0.1, 0.15) is 11.1 Å². The van der Waals surface area contributed by atoms with E-state index in [4.69, 9.17) is 14.2 Å². The Morgan fingerprint density at radius 2 is 1.79 bits per heavy atom. The van der Waals surface area contributed by atoms with Crippen LogP contribution in [0.2, 0.25) is 0 Å². The molecule has 1 aromatic heterocycles. The average molecular weight is 381 g/mol. The minimum atomic E-state index is -0.564. The molecule has 1 aliphatic heterocycles. The van der Waals surface area contributed by atoms with Crippen molar-refractivity contribution in [1.29, 1.82) is 0 Å². The monoisotopic (exact) mass is 381 g/mol. The predicted molar refractivity (Wildman–Crippen MR) is 102 cm³/mol. The van der Waals surface area contributed by atoms with E-state index < -0.39 is 5.91 Å². The minimum absolute atomic E-state index is 0.159. The second-order valence-corrected chi connectivity index (χ2v) is 6.57. The van der Waals surface area contributed by atoms with Gasteiger partial charge in [0.25, 0.3) is 0 Å². The quantitative estimate of drug-likeness (QED) is 0.666. The molecule has 0 spiro atoms. The molecule has 2 aromatic carbocycles. The first-order valence-electron chi connectivity index (χ1n) is 8.79. The standard InChI is InChI=1S/C20H19N3O5/c1-11-5-12(2)7-13(6-11)28-10-18(24)22-23-19-14-8-16-17(27-4-3-26-16)9-15(14)21-20(19)25/h5-9,21,25H,3-4,10H2,1-2H3. The highest BCUT2D eigenvalue weighted by Crippen LogP contribution is 2.42. The number of nitrogens with zero attached hydrogens (tertiary/aromatic N) is 2. The summed E-state index contributed by atoms with van der Waals surface area (Å²) in [7, 11) is 0. The molecule has 0 unspecified atom stereocenters. The Morgan fingerprint density at radius 3 is 2.50 bits per heavy atom. The Labute approximate surface area is 160 Å². The number of carbonyl (C=O) groups is 1. The number of benzene rings is 2. The third kappa shape index (κ3) is 3.62. The number of aryl methyl sites for hydroxylation is 2. The molecule has 0 saturated carbocycles. The molecule has 28 heavy (non-hydrogen) atoms. The summed E-state index contributed by atoms with van der Waals surface area (Å²) in [5.74, 6) is 0.981. The van der Waals surface area contributed by atoms with Crippen LogP contribution in [-0.2, 0) is 4.79 Å². The molecule has 2 heterocycles. The summed E-state index contributed by atoms with van der Waals surface area (Å²) in [4.78, 5) is 14.8. The van der Waals surface area contributed by atoms with E-state index in [1.165, 1.54) is 0 Å². The van der Waals surface area contributed by atoms with Crippen LogP contribution in [0, 0.1) is 13.8 Å². The van der Waals surface area contributed by atoms with Crippen LogP contribution >= 0.6 is 0 Å². The molecule has 144 valence electrons. The molecule has 0 saturated heterocycles. The molecule has 0 aliphatic carbocycles. The summed E-state index contributed by atoms with van der Waals surface area (Å²) in [6, 6.07) is 9.11. The topological polar surface area (TPSA) is 106 Å². The Bertz CT molecular complexity index is 1070. The normalized spacial score (nSPS) is 13.2. The molecule has 0 atom stereocenters. The van der Waals surface area contributed by atoms with Gasteiger partial charge in [-0.15, -0.1) is 10.2 Å². The molecular formula is C20H19N3O5. The first kappa shape index (κ1) is 17.8. The number of carbonyl (C=O) groups excluding carboxylic acids is 1. The van der Waals surface area contributed by atoms with Crippen molar-refractivity contribution in [2.45, 2.75) is 13.8 Å². The van der Waals surface area contributed by atoms with Gasteiger partial charge in [0.1, 0.15) is 19.0 Å². The number of amides is 1. The summed E-state index contributed by atoms with van der Waals surface area (Å²) >= 11 is 0. The van der Waals surface area contributed by atoms with Crippen molar-refractivity contribution in [3.63, 3.8) is 0 Å². The Hall–Kier alpha value is -3.55. The summed E-state index contributed by atoms with van der Waals surface area (Å²) < 4.78 is 16.5. The van der Waals surface area contributed by atoms with Gasteiger partial charge in [0.15, 0.2) is 23.8 Å². The van der Waals surface area contributed by atoms with Crippen molar-refractivity contribution in [2.75, 3.05) is 19.8 Å². The molecule has 1 aliphatic rings. The van der Waals surface area contributed by atoms with Crippen molar-refractivity contribution >= 4 is 22.5 Å². The van der Waals surface area contributed by atoms with Crippen LogP contribution in [0.15, 0.2) is 40.6 Å². The zero-order valence-corrected chi connectivity index (χ0v) is 15.5. The lowest BCUT2D eigenvalue weighted by Crippen LogP contribution is -2.15. The second kappa shape index (κ2) is 7.22. The Kier molecular flexibility index (Phi) is 4.60. The van der Waals surface area contributed by atoms with E-state index in [0.29, 0.717) is 41.4 Å². The molecule has 1 amide bonds. The second-order valence-electron chi connectivity index (χ2n) is 6.57. The van der Waals surface area contributed by atoms with E-state index in [9.17, 15) is 9.90 Å². The first-order valence-corrected chi connectivity index (χ1v) is 8.79. The van der Waals surface area contributed by atoms with Crippen molar-refractivity contribution < 1.29 is 24.1 Å². The number of aromatic hydroxyl groups is 1. The molecule has 4 rings (SSSR count). The number of aromatic nitrogens is 1. The van der Waals surface area contributed by atoms with Crippen molar-refractivity contribution in [1.82, 2.24) is 4.98 Å². The van der Waals surface area contributed by atoms with Gasteiger partial charge in [0, 0.05) is 11.5 Å². The van der Waals surface area contributed by atoms with E-state index in [1.54, 1.807) is 12.1 Å². The van der Waals surface area contributed by atoms with Gasteiger partial charge in [0.05, 0.1) is 5.52 Å². The maximum absolute atomic E-state index is 12.0. The van der Waals surface area contributed by atoms with Crippen LogP contribution in [0.3, 0.4) is 0 Å². The zero-order chi connectivity index (χ0) is 19.7. The third-order valence-electron chi connectivity index (χ3n) is 4.23. The summed E-state index contributed by atoms with van der Waals surface area (Å²) in [5, 5.41) is 18.3. The summed E-state index contributed by atoms with van der Waals surface area (Å²) in [6.45, 7) is 4.57. The molecule has 3 aromatic rings. The number of H-pyrrole nitrogens is 1. The van der Waals surface area contributed by atoms with Crippen LogP contribution in [0.4, 0.5) is 5.69 Å². The molecule has 2 N–H and O–H groups in total. The number of hydrogen-bond acceptors (Lipinski definition) is 6. The van der Waals surface area contributed by atoms with Gasteiger partial charge in [0.2, 0.25) is 5.88 Å². The number of fused-ring (bicyclic) bond motifs is 2. The highest BCUT2D eigenvalue weighted by atomic mass is 16.6. The lowest BCUT2D eigenvalue weighted by molar-refractivity contribution is -0.120. The van der Waals surface area contributed by atoms with Crippen molar-refractivity contribution in [3.8, 4) is 23.1 Å². The largest absolute Gasteiger partial charge is 0.493 e. The average Bonchev–Trinajstić information content (AvgIpc) is 2.96. The molecule has 8 heteroatoms. The maximum atomic E-state index is 12.0. The highest BCUT2D eigenvalue weighted by molar-refractivity contribution is 5.96. The van der Waals surface area contributed by atoms with Gasteiger partial charge < -0.3 is 24.3 Å². The number of azo groups is 1. The fourth-order valence-corrected chi connectivity index (χ4v) is 3.10. The van der Waals surface area contributed by atoms with Crippen LogP contribution in [0.5, 0.6) is 23.1 Å². The minimum Gasteiger partial charge on any atom is -0.493 e. The maximum Gasteiger partial charge on any atom is 0.302 e. The molecule has 8 nitrogen and oxygen atoms in total. The van der Waals surface area contributed by atoms with E-state index in [0.717, 1.165) is 11.1 Å². The summed E-state index contributed by atoms with van der Waals surface area (Å²) in [6.07, 6.45) is 0. The van der Waals surface area contributed by atoms with Gasteiger partial charge in [-0.3, -0.25) is 4.79 Å². The smallest absolute Gasteiger partial charge is 0.302 e. The number of rotatable bonds is 4. The Balaban J connectivity index is 1.51. The zero-order valence-electron chi connectivity index (χ0n) is 15.5. The van der Waals surface area contributed by atoms with E-state index >= 15 is 0 Å². The van der Waals surface area contributed by atoms with Gasteiger partial charge in [-0.05, 0) is 43.2 Å². The SMILES string of the molecule is Cc1cc(C)cc(OCC(=O)N=Nc2c(O)[nH]c3cc4c(cc23)OCCO4)c1. The van der Waals surface area contributed by atoms with Gasteiger partial charge in [-0.25, -0.2) is 0 Å². The van der Waals surface area contributed by atoms with Crippen LogP contribution < -0.4 is 14.2 Å². The fraction of sp³-hybridized carbons (Fsp3) is 0.250. The number of ether oxygens (including phenoxy) is 3. The lowest BCUT2D eigenvalue weighted by Gasteiger charge is -2.17. The number of hydrogen-bond donors (Lipinski definition) is 2. The summed E-state index contributed by atoms with van der Waals surface area (Å²) in [5.41, 5.74) is 2.85. The number of nitrogens with one attached hydrogen (secondary N) is 1.